The molecule has 2 rings (SSSR count). The molecule has 0 heterocycles. The number of benzene rings is 2. The maximum Gasteiger partial charge on any atom is 0.240 e. The van der Waals surface area contributed by atoms with Gasteiger partial charge in [0.2, 0.25) is 15.9 Å². The van der Waals surface area contributed by atoms with Crippen LogP contribution in [0.25, 0.3) is 0 Å². The van der Waals surface area contributed by atoms with E-state index in [-0.39, 0.29) is 10.8 Å². The van der Waals surface area contributed by atoms with E-state index in [2.05, 4.69) is 10.0 Å². The standard InChI is InChI=1S/C18H22N2O4S/c1-19-25(22,23)16-10-7-14(8-11-16)9-12-18(21)20-13-15-5-3-4-6-17(15)24-2/h3-8,10-11,19H,9,12-13H2,1-2H3,(H,20,21). The molecule has 0 aliphatic carbocycles. The van der Waals surface area contributed by atoms with Crippen LogP contribution in [0.1, 0.15) is 17.5 Å². The van der Waals surface area contributed by atoms with Crippen LogP contribution >= 0.6 is 0 Å². The van der Waals surface area contributed by atoms with Crippen LogP contribution in [0, 0.1) is 0 Å². The number of methoxy groups -OCH3 is 1. The fraction of sp³-hybridized carbons (Fsp3) is 0.278. The third-order valence-electron chi connectivity index (χ3n) is 3.81. The number of ether oxygens (including phenoxy) is 1. The van der Waals surface area contributed by atoms with Crippen LogP contribution in [-0.4, -0.2) is 28.5 Å². The summed E-state index contributed by atoms with van der Waals surface area (Å²) in [5, 5.41) is 2.86. The Labute approximate surface area is 148 Å². The van der Waals surface area contributed by atoms with Crippen molar-refractivity contribution < 1.29 is 17.9 Å². The van der Waals surface area contributed by atoms with Gasteiger partial charge in [-0.15, -0.1) is 0 Å². The van der Waals surface area contributed by atoms with Crippen LogP contribution in [-0.2, 0) is 27.8 Å². The maximum absolute atomic E-state index is 12.0. The van der Waals surface area contributed by atoms with Crippen molar-refractivity contribution in [3.63, 3.8) is 0 Å². The number of amides is 1. The van der Waals surface area contributed by atoms with E-state index in [0.717, 1.165) is 16.9 Å². The minimum absolute atomic E-state index is 0.0715. The highest BCUT2D eigenvalue weighted by molar-refractivity contribution is 7.89. The zero-order valence-electron chi connectivity index (χ0n) is 14.3. The van der Waals surface area contributed by atoms with Gasteiger partial charge in [-0.2, -0.15) is 0 Å². The van der Waals surface area contributed by atoms with Crippen molar-refractivity contribution in [2.45, 2.75) is 24.3 Å². The lowest BCUT2D eigenvalue weighted by Gasteiger charge is -2.09. The molecule has 1 amide bonds. The summed E-state index contributed by atoms with van der Waals surface area (Å²) in [5.41, 5.74) is 1.82. The second-order valence-corrected chi connectivity index (χ2v) is 7.33. The summed E-state index contributed by atoms with van der Waals surface area (Å²) in [4.78, 5) is 12.2. The van der Waals surface area contributed by atoms with Gasteiger partial charge in [-0.25, -0.2) is 13.1 Å². The topological polar surface area (TPSA) is 84.5 Å². The normalized spacial score (nSPS) is 11.1. The molecule has 0 saturated carbocycles. The molecule has 0 atom stereocenters. The van der Waals surface area contributed by atoms with Crippen molar-refractivity contribution in [1.29, 1.82) is 0 Å². The average molecular weight is 362 g/mol. The highest BCUT2D eigenvalue weighted by Gasteiger charge is 2.11. The Bertz CT molecular complexity index is 817. The van der Waals surface area contributed by atoms with E-state index in [4.69, 9.17) is 4.74 Å². The number of nitrogens with one attached hydrogen (secondary N) is 2. The molecule has 0 fully saturated rings. The number of sulfonamides is 1. The van der Waals surface area contributed by atoms with Crippen LogP contribution in [0.15, 0.2) is 53.4 Å². The molecule has 0 aromatic heterocycles. The van der Waals surface area contributed by atoms with E-state index in [0.29, 0.717) is 19.4 Å². The Hall–Kier alpha value is -2.38. The van der Waals surface area contributed by atoms with E-state index in [9.17, 15) is 13.2 Å². The summed E-state index contributed by atoms with van der Waals surface area (Å²) >= 11 is 0. The van der Waals surface area contributed by atoms with E-state index in [1.165, 1.54) is 19.2 Å². The van der Waals surface area contributed by atoms with Gasteiger partial charge in [0.05, 0.1) is 12.0 Å². The molecule has 0 aliphatic heterocycles. The summed E-state index contributed by atoms with van der Waals surface area (Å²) < 4.78 is 30.8. The van der Waals surface area contributed by atoms with Gasteiger partial charge < -0.3 is 10.1 Å². The predicted molar refractivity (Wildman–Crippen MR) is 95.8 cm³/mol. The first kappa shape index (κ1) is 19.0. The van der Waals surface area contributed by atoms with Gasteiger partial charge in [-0.1, -0.05) is 30.3 Å². The SMILES string of the molecule is CNS(=O)(=O)c1ccc(CCC(=O)NCc2ccccc2OC)cc1. The molecule has 0 radical (unpaired) electrons. The van der Waals surface area contributed by atoms with Crippen LogP contribution < -0.4 is 14.8 Å². The molecule has 134 valence electrons. The lowest BCUT2D eigenvalue weighted by atomic mass is 10.1. The number of aryl methyl sites for hydroxylation is 1. The number of carbonyl (C=O) groups excluding carboxylic acids is 1. The van der Waals surface area contributed by atoms with E-state index < -0.39 is 10.0 Å². The van der Waals surface area contributed by atoms with E-state index >= 15 is 0 Å². The molecule has 0 saturated heterocycles. The predicted octanol–water partition coefficient (Wildman–Crippen LogP) is 1.85. The second kappa shape index (κ2) is 8.64. The van der Waals surface area contributed by atoms with Crippen molar-refractivity contribution >= 4 is 15.9 Å². The summed E-state index contributed by atoms with van der Waals surface area (Å²) in [6.07, 6.45) is 0.866. The highest BCUT2D eigenvalue weighted by atomic mass is 32.2. The van der Waals surface area contributed by atoms with Crippen molar-refractivity contribution in [2.24, 2.45) is 0 Å². The van der Waals surface area contributed by atoms with Crippen molar-refractivity contribution in [1.82, 2.24) is 10.0 Å². The molecule has 2 aromatic rings. The largest absolute Gasteiger partial charge is 0.496 e. The van der Waals surface area contributed by atoms with Crippen molar-refractivity contribution in [2.75, 3.05) is 14.2 Å². The van der Waals surface area contributed by atoms with E-state index in [1.807, 2.05) is 24.3 Å². The molecule has 2 N–H and O–H groups in total. The van der Waals surface area contributed by atoms with Gasteiger partial charge in [-0.3, -0.25) is 4.79 Å². The molecule has 25 heavy (non-hydrogen) atoms. The van der Waals surface area contributed by atoms with Gasteiger partial charge in [0.1, 0.15) is 5.75 Å². The third kappa shape index (κ3) is 5.30. The second-order valence-electron chi connectivity index (χ2n) is 5.44. The molecule has 6 nitrogen and oxygen atoms in total. The molecule has 0 bridgehead atoms. The van der Waals surface area contributed by atoms with Crippen LogP contribution in [0.5, 0.6) is 5.75 Å². The minimum Gasteiger partial charge on any atom is -0.496 e. The van der Waals surface area contributed by atoms with Gasteiger partial charge in [-0.05, 0) is 37.2 Å². The Morgan fingerprint density at radius 3 is 2.40 bits per heavy atom. The Morgan fingerprint density at radius 2 is 1.76 bits per heavy atom. The lowest BCUT2D eigenvalue weighted by molar-refractivity contribution is -0.121. The molecule has 2 aromatic carbocycles. The van der Waals surface area contributed by atoms with Gasteiger partial charge in [0.15, 0.2) is 0 Å². The monoisotopic (exact) mass is 362 g/mol. The molecule has 0 unspecified atom stereocenters. The summed E-state index contributed by atoms with van der Waals surface area (Å²) in [7, 11) is -0.467. The average Bonchev–Trinajstić information content (AvgIpc) is 2.65. The first-order chi connectivity index (χ1) is 12.0. The zero-order chi connectivity index (χ0) is 18.3. The summed E-state index contributed by atoms with van der Waals surface area (Å²) in [6, 6.07) is 14.0. The Kier molecular flexibility index (Phi) is 6.55. The molecule has 0 aliphatic rings. The van der Waals surface area contributed by atoms with Crippen molar-refractivity contribution in [3.8, 4) is 5.75 Å². The smallest absolute Gasteiger partial charge is 0.240 e. The summed E-state index contributed by atoms with van der Waals surface area (Å²) in [6.45, 7) is 0.405. The number of para-hydroxylation sites is 1. The summed E-state index contributed by atoms with van der Waals surface area (Å²) in [5.74, 6) is 0.668. The van der Waals surface area contributed by atoms with Crippen LogP contribution in [0.3, 0.4) is 0 Å². The van der Waals surface area contributed by atoms with Gasteiger partial charge >= 0.3 is 0 Å². The molecular formula is C18H22N2O4S. The maximum atomic E-state index is 12.0. The first-order valence-electron chi connectivity index (χ1n) is 7.87. The number of hydrogen-bond acceptors (Lipinski definition) is 4. The fourth-order valence-corrected chi connectivity index (χ4v) is 3.07. The minimum atomic E-state index is -3.43. The quantitative estimate of drug-likeness (QED) is 0.751. The first-order valence-corrected chi connectivity index (χ1v) is 9.35. The van der Waals surface area contributed by atoms with Gasteiger partial charge in [0.25, 0.3) is 0 Å². The number of carbonyl (C=O) groups is 1. The molecule has 7 heteroatoms. The highest BCUT2D eigenvalue weighted by Crippen LogP contribution is 2.17. The van der Waals surface area contributed by atoms with Crippen molar-refractivity contribution in [3.05, 3.63) is 59.7 Å². The zero-order valence-corrected chi connectivity index (χ0v) is 15.1. The van der Waals surface area contributed by atoms with Crippen LogP contribution in [0.2, 0.25) is 0 Å². The Balaban J connectivity index is 1.86. The molecular weight excluding hydrogens is 340 g/mol. The number of hydrogen-bond donors (Lipinski definition) is 2. The molecule has 0 spiro atoms. The van der Waals surface area contributed by atoms with E-state index in [1.54, 1.807) is 19.2 Å². The van der Waals surface area contributed by atoms with Gasteiger partial charge in [0, 0.05) is 18.5 Å². The lowest BCUT2D eigenvalue weighted by Crippen LogP contribution is -2.23. The number of rotatable bonds is 8. The van der Waals surface area contributed by atoms with Crippen LogP contribution in [0.4, 0.5) is 0 Å². The fourth-order valence-electron chi connectivity index (χ4n) is 2.34. The third-order valence-corrected chi connectivity index (χ3v) is 5.24. The Morgan fingerprint density at radius 1 is 1.08 bits per heavy atom.